The molecule has 2 rings (SSSR count). The Morgan fingerprint density at radius 3 is 2.67 bits per heavy atom. The zero-order valence-electron chi connectivity index (χ0n) is 17.3. The second-order valence-corrected chi connectivity index (χ2v) is 7.16. The van der Waals surface area contributed by atoms with E-state index in [-0.39, 0.29) is 35.3 Å². The van der Waals surface area contributed by atoms with Crippen molar-refractivity contribution in [2.45, 2.75) is 26.7 Å². The predicted octanol–water partition coefficient (Wildman–Crippen LogP) is 4.45. The van der Waals surface area contributed by atoms with Crippen molar-refractivity contribution >= 4 is 34.8 Å². The summed E-state index contributed by atoms with van der Waals surface area (Å²) >= 11 is 1.04. The van der Waals surface area contributed by atoms with Crippen LogP contribution in [0.2, 0.25) is 0 Å². The van der Waals surface area contributed by atoms with Crippen molar-refractivity contribution in [2.75, 3.05) is 20.3 Å². The maximum Gasteiger partial charge on any atom is 0.344 e. The van der Waals surface area contributed by atoms with Crippen LogP contribution in [0.25, 0.3) is 6.08 Å². The third kappa shape index (κ3) is 5.76. The molecule has 0 bridgehead atoms. The third-order valence-corrected chi connectivity index (χ3v) is 4.92. The van der Waals surface area contributed by atoms with Crippen LogP contribution < -0.4 is 9.47 Å². The molecule has 0 atom stereocenters. The van der Waals surface area contributed by atoms with E-state index < -0.39 is 5.97 Å². The minimum absolute atomic E-state index is 0.101. The van der Waals surface area contributed by atoms with Gasteiger partial charge in [-0.2, -0.15) is 0 Å². The van der Waals surface area contributed by atoms with Crippen molar-refractivity contribution < 1.29 is 28.9 Å². The largest absolute Gasteiger partial charge is 0.506 e. The van der Waals surface area contributed by atoms with Gasteiger partial charge in [0.1, 0.15) is 23.0 Å². The molecular formula is C22H25NO6S. The zero-order valence-corrected chi connectivity index (χ0v) is 18.1. The van der Waals surface area contributed by atoms with Gasteiger partial charge in [-0.15, -0.1) is 0 Å². The Morgan fingerprint density at radius 2 is 2.03 bits per heavy atom. The van der Waals surface area contributed by atoms with E-state index in [1.54, 1.807) is 37.3 Å². The number of carbonyl (C=O) groups is 2. The molecule has 30 heavy (non-hydrogen) atoms. The maximum atomic E-state index is 12.3. The number of methoxy groups -OCH3 is 1. The van der Waals surface area contributed by atoms with Gasteiger partial charge in [0.2, 0.25) is 5.91 Å². The van der Waals surface area contributed by atoms with Crippen LogP contribution in [-0.4, -0.2) is 42.4 Å². The Hall–Kier alpha value is -3.00. The van der Waals surface area contributed by atoms with Crippen molar-refractivity contribution in [3.05, 3.63) is 52.7 Å². The first kappa shape index (κ1) is 23.3. The van der Waals surface area contributed by atoms with E-state index in [0.717, 1.165) is 11.8 Å². The molecule has 1 amide bonds. The molecule has 1 aliphatic rings. The Morgan fingerprint density at radius 1 is 1.27 bits per heavy atom. The Bertz CT molecular complexity index is 916. The predicted molar refractivity (Wildman–Crippen MR) is 118 cm³/mol. The van der Waals surface area contributed by atoms with E-state index in [1.807, 2.05) is 6.92 Å². The first-order valence-corrected chi connectivity index (χ1v) is 10.3. The summed E-state index contributed by atoms with van der Waals surface area (Å²) in [5.74, 6) is -0.290. The molecule has 0 saturated heterocycles. The van der Waals surface area contributed by atoms with Crippen LogP contribution in [0.4, 0.5) is 0 Å². The van der Waals surface area contributed by atoms with Crippen LogP contribution in [0.5, 0.6) is 11.5 Å². The Kier molecular flexibility index (Phi) is 8.73. The smallest absolute Gasteiger partial charge is 0.344 e. The standard InChI is InChI=1S/C22H25NO6S/c1-5-8-18(24)23-21-19(22(26)28-7-3)20(25)17(30-21)13-14-9-10-15(29-11-6-2)16(12-14)27-4/h6,9-10,12-13,25H,2,5,7-8,11H2,1,3-4H3/b17-13-,23-21?. The number of hydrogen-bond acceptors (Lipinski definition) is 7. The number of rotatable bonds is 9. The number of thioether (sulfide) groups is 1. The van der Waals surface area contributed by atoms with Gasteiger partial charge in [-0.3, -0.25) is 4.79 Å². The van der Waals surface area contributed by atoms with Gasteiger partial charge >= 0.3 is 5.97 Å². The molecule has 1 aromatic rings. The second-order valence-electron chi connectivity index (χ2n) is 6.13. The van der Waals surface area contributed by atoms with Crippen molar-refractivity contribution in [3.8, 4) is 11.5 Å². The van der Waals surface area contributed by atoms with E-state index in [0.29, 0.717) is 35.0 Å². The lowest BCUT2D eigenvalue weighted by atomic mass is 10.1. The molecule has 7 nitrogen and oxygen atoms in total. The molecule has 160 valence electrons. The minimum atomic E-state index is -0.722. The van der Waals surface area contributed by atoms with Crippen molar-refractivity contribution in [1.82, 2.24) is 0 Å². The van der Waals surface area contributed by atoms with Crippen LogP contribution in [-0.2, 0) is 14.3 Å². The average molecular weight is 432 g/mol. The number of ether oxygens (including phenoxy) is 3. The van der Waals surface area contributed by atoms with Gasteiger partial charge < -0.3 is 19.3 Å². The lowest BCUT2D eigenvalue weighted by Crippen LogP contribution is -2.14. The topological polar surface area (TPSA) is 94.4 Å². The van der Waals surface area contributed by atoms with Gasteiger partial charge in [-0.05, 0) is 37.1 Å². The van der Waals surface area contributed by atoms with Gasteiger partial charge in [0.25, 0.3) is 0 Å². The molecule has 0 unspecified atom stereocenters. The SMILES string of the molecule is C=CCOc1ccc(/C=C2\SC(=NC(=O)CCC)C(C(=O)OCC)=C2O)cc1OC. The number of hydrogen-bond donors (Lipinski definition) is 1. The molecular weight excluding hydrogens is 406 g/mol. The Labute approximate surface area is 180 Å². The van der Waals surface area contributed by atoms with Crippen LogP contribution in [0.1, 0.15) is 32.3 Å². The molecule has 1 aliphatic heterocycles. The summed E-state index contributed by atoms with van der Waals surface area (Å²) in [5.41, 5.74) is 0.603. The van der Waals surface area contributed by atoms with E-state index in [1.165, 1.54) is 7.11 Å². The monoisotopic (exact) mass is 431 g/mol. The number of aliphatic imine (C=N–C) groups is 1. The van der Waals surface area contributed by atoms with Crippen molar-refractivity contribution in [2.24, 2.45) is 4.99 Å². The van der Waals surface area contributed by atoms with Crippen molar-refractivity contribution in [1.29, 1.82) is 0 Å². The highest BCUT2D eigenvalue weighted by Gasteiger charge is 2.33. The van der Waals surface area contributed by atoms with Crippen LogP contribution in [0.15, 0.2) is 52.1 Å². The Balaban J connectivity index is 2.43. The number of carbonyl (C=O) groups excluding carboxylic acids is 2. The van der Waals surface area contributed by atoms with Gasteiger partial charge in [-0.25, -0.2) is 9.79 Å². The minimum Gasteiger partial charge on any atom is -0.506 e. The number of esters is 1. The summed E-state index contributed by atoms with van der Waals surface area (Å²) in [4.78, 5) is 28.7. The summed E-state index contributed by atoms with van der Waals surface area (Å²) in [5, 5.41) is 10.8. The molecule has 1 N–H and O–H groups in total. The summed E-state index contributed by atoms with van der Waals surface area (Å²) in [6.07, 6.45) is 4.19. The average Bonchev–Trinajstić information content (AvgIpc) is 3.01. The molecule has 0 saturated carbocycles. The second kappa shape index (κ2) is 11.3. The van der Waals surface area contributed by atoms with Crippen LogP contribution >= 0.6 is 11.8 Å². The molecule has 1 aromatic carbocycles. The molecule has 1 heterocycles. The highest BCUT2D eigenvalue weighted by molar-refractivity contribution is 8.18. The van der Waals surface area contributed by atoms with E-state index in [2.05, 4.69) is 11.6 Å². The quantitative estimate of drug-likeness (QED) is 0.456. The van der Waals surface area contributed by atoms with Crippen molar-refractivity contribution in [3.63, 3.8) is 0 Å². The number of aliphatic hydroxyl groups is 1. The zero-order chi connectivity index (χ0) is 22.1. The molecule has 8 heteroatoms. The summed E-state index contributed by atoms with van der Waals surface area (Å²) in [7, 11) is 1.53. The normalized spacial score (nSPS) is 16.1. The summed E-state index contributed by atoms with van der Waals surface area (Å²) in [6.45, 7) is 7.62. The molecule has 0 radical (unpaired) electrons. The van der Waals surface area contributed by atoms with E-state index in [4.69, 9.17) is 14.2 Å². The highest BCUT2D eigenvalue weighted by Crippen LogP contribution is 2.40. The fourth-order valence-corrected chi connectivity index (χ4v) is 3.60. The van der Waals surface area contributed by atoms with E-state index in [9.17, 15) is 14.7 Å². The first-order chi connectivity index (χ1) is 14.4. The molecule has 0 fully saturated rings. The third-order valence-electron chi connectivity index (χ3n) is 3.90. The van der Waals surface area contributed by atoms with E-state index >= 15 is 0 Å². The van der Waals surface area contributed by atoms with Gasteiger partial charge in [-0.1, -0.05) is 37.4 Å². The first-order valence-electron chi connectivity index (χ1n) is 9.48. The number of nitrogens with zero attached hydrogens (tertiary/aromatic N) is 1. The maximum absolute atomic E-state index is 12.3. The fourth-order valence-electron chi connectivity index (χ4n) is 2.57. The number of aliphatic hydroxyl groups excluding tert-OH is 1. The molecule has 0 aliphatic carbocycles. The van der Waals surface area contributed by atoms with Gasteiger partial charge in [0, 0.05) is 6.42 Å². The fraction of sp³-hybridized carbons (Fsp3) is 0.318. The van der Waals surface area contributed by atoms with Crippen LogP contribution in [0.3, 0.4) is 0 Å². The summed E-state index contributed by atoms with van der Waals surface area (Å²) in [6, 6.07) is 5.25. The van der Waals surface area contributed by atoms with Gasteiger partial charge in [0.15, 0.2) is 11.5 Å². The highest BCUT2D eigenvalue weighted by atomic mass is 32.2. The summed E-state index contributed by atoms with van der Waals surface area (Å²) < 4.78 is 15.9. The lowest BCUT2D eigenvalue weighted by molar-refractivity contribution is -0.138. The lowest BCUT2D eigenvalue weighted by Gasteiger charge is -2.10. The van der Waals surface area contributed by atoms with Gasteiger partial charge in [0.05, 0.1) is 18.6 Å². The number of amides is 1. The number of benzene rings is 1. The van der Waals surface area contributed by atoms with Crippen LogP contribution in [0, 0.1) is 0 Å². The molecule has 0 aromatic heterocycles. The molecule has 0 spiro atoms.